The van der Waals surface area contributed by atoms with Crippen LogP contribution in [-0.2, 0) is 22.6 Å². The van der Waals surface area contributed by atoms with Gasteiger partial charge in [-0.05, 0) is 66.1 Å². The van der Waals surface area contributed by atoms with E-state index in [1.165, 1.54) is 0 Å². The van der Waals surface area contributed by atoms with Gasteiger partial charge in [-0.15, -0.1) is 0 Å². The van der Waals surface area contributed by atoms with E-state index in [4.69, 9.17) is 36.0 Å². The van der Waals surface area contributed by atoms with Gasteiger partial charge in [0.25, 0.3) is 0 Å². The zero-order chi connectivity index (χ0) is 33.6. The first-order chi connectivity index (χ1) is 23.3. The fraction of sp³-hybridized carbons (Fsp3) is 0.389. The van der Waals surface area contributed by atoms with Crippen LogP contribution in [0.5, 0.6) is 11.8 Å². The average molecular weight is 734 g/mol. The standard InChI is InChI=1S/C36H38BrClN6O4/c1-47-35-28(11-3-6-22-13-15-32(46)42-22)40-19-29(43-35)26-9-4-7-24(33(26)37)25-8-5-10-27(34(25)38)30-20-41-31(36(44-30)48-2)18-39-17-21-12-14-23(45)16-21/h4-5,7-10,19-22,39H,3,6,11-18H2,1-2H3,(H,42,46)/t21-,22-/m0/s1. The maximum atomic E-state index is 11.6. The number of nitrogens with zero attached hydrogens (tertiary/aromatic N) is 4. The molecule has 2 atom stereocenters. The lowest BCUT2D eigenvalue weighted by molar-refractivity contribution is -0.119. The first-order valence-corrected chi connectivity index (χ1v) is 17.4. The Balaban J connectivity index is 1.20. The van der Waals surface area contributed by atoms with E-state index in [0.29, 0.717) is 77.8 Å². The highest BCUT2D eigenvalue weighted by Gasteiger charge is 2.23. The van der Waals surface area contributed by atoms with Gasteiger partial charge in [-0.1, -0.05) is 48.0 Å². The van der Waals surface area contributed by atoms with E-state index in [1.807, 2.05) is 36.4 Å². The van der Waals surface area contributed by atoms with Crippen molar-refractivity contribution in [2.45, 2.75) is 64.0 Å². The minimum atomic E-state index is 0.130. The molecule has 1 saturated carbocycles. The highest BCUT2D eigenvalue weighted by molar-refractivity contribution is 9.10. The number of halogens is 2. The van der Waals surface area contributed by atoms with Crippen LogP contribution in [0.1, 0.15) is 56.3 Å². The van der Waals surface area contributed by atoms with Crippen molar-refractivity contribution in [1.29, 1.82) is 0 Å². The van der Waals surface area contributed by atoms with Crippen molar-refractivity contribution in [2.24, 2.45) is 5.92 Å². The summed E-state index contributed by atoms with van der Waals surface area (Å²) in [6, 6.07) is 12.0. The van der Waals surface area contributed by atoms with Gasteiger partial charge in [0.05, 0.1) is 43.0 Å². The lowest BCUT2D eigenvalue weighted by atomic mass is 9.99. The monoisotopic (exact) mass is 732 g/mol. The van der Waals surface area contributed by atoms with Gasteiger partial charge in [-0.25, -0.2) is 9.97 Å². The Kier molecular flexibility index (Phi) is 11.0. The van der Waals surface area contributed by atoms with Crippen LogP contribution in [0, 0.1) is 5.92 Å². The average Bonchev–Trinajstić information content (AvgIpc) is 3.72. The number of nitrogens with one attached hydrogen (secondary N) is 2. The number of Topliss-reactive ketones (excluding diaryl/α,β-unsaturated/α-hetero) is 1. The number of amides is 1. The molecule has 1 aliphatic heterocycles. The number of rotatable bonds is 13. The molecule has 1 aliphatic carbocycles. The molecule has 250 valence electrons. The van der Waals surface area contributed by atoms with Crippen molar-refractivity contribution in [2.75, 3.05) is 20.8 Å². The summed E-state index contributed by atoms with van der Waals surface area (Å²) in [4.78, 5) is 42.1. The van der Waals surface area contributed by atoms with Crippen LogP contribution in [0.3, 0.4) is 0 Å². The highest BCUT2D eigenvalue weighted by Crippen LogP contribution is 2.42. The molecule has 2 N–H and O–H groups in total. The molecule has 48 heavy (non-hydrogen) atoms. The van der Waals surface area contributed by atoms with Gasteiger partial charge >= 0.3 is 0 Å². The first-order valence-electron chi connectivity index (χ1n) is 16.2. The van der Waals surface area contributed by atoms with Crippen LogP contribution in [0.15, 0.2) is 53.3 Å². The Labute approximate surface area is 293 Å². The van der Waals surface area contributed by atoms with Crippen LogP contribution >= 0.6 is 27.5 Å². The molecule has 1 amide bonds. The van der Waals surface area contributed by atoms with Crippen molar-refractivity contribution in [1.82, 2.24) is 30.6 Å². The maximum absolute atomic E-state index is 11.6. The van der Waals surface area contributed by atoms with Crippen molar-refractivity contribution in [3.8, 4) is 45.4 Å². The van der Waals surface area contributed by atoms with Gasteiger partial charge in [0.1, 0.15) is 17.2 Å². The fourth-order valence-corrected chi connectivity index (χ4v) is 7.42. The van der Waals surface area contributed by atoms with Gasteiger partial charge in [0.15, 0.2) is 0 Å². The summed E-state index contributed by atoms with van der Waals surface area (Å²) in [5, 5.41) is 6.95. The summed E-state index contributed by atoms with van der Waals surface area (Å²) in [5.74, 6) is 1.75. The molecule has 12 heteroatoms. The number of benzene rings is 2. The Morgan fingerprint density at radius 1 is 0.896 bits per heavy atom. The zero-order valence-corrected chi connectivity index (χ0v) is 29.4. The van der Waals surface area contributed by atoms with E-state index in [1.54, 1.807) is 26.6 Å². The normalized spacial score (nSPS) is 17.5. The maximum Gasteiger partial charge on any atom is 0.237 e. The number of methoxy groups -OCH3 is 2. The third-order valence-electron chi connectivity index (χ3n) is 8.97. The number of hydrogen-bond acceptors (Lipinski definition) is 9. The van der Waals surface area contributed by atoms with Gasteiger partial charge < -0.3 is 20.1 Å². The fourth-order valence-electron chi connectivity index (χ4n) is 6.42. The molecule has 2 fully saturated rings. The molecule has 10 nitrogen and oxygen atoms in total. The van der Waals surface area contributed by atoms with E-state index >= 15 is 0 Å². The molecule has 2 aliphatic rings. The second kappa shape index (κ2) is 15.5. The summed E-state index contributed by atoms with van der Waals surface area (Å²) in [7, 11) is 3.18. The van der Waals surface area contributed by atoms with Crippen LogP contribution < -0.4 is 20.1 Å². The molecule has 0 radical (unpaired) electrons. The molecule has 6 rings (SSSR count). The lowest BCUT2D eigenvalue weighted by Gasteiger charge is -2.15. The summed E-state index contributed by atoms with van der Waals surface area (Å²) >= 11 is 10.9. The van der Waals surface area contributed by atoms with Crippen LogP contribution in [-0.4, -0.2) is 58.4 Å². The predicted octanol–water partition coefficient (Wildman–Crippen LogP) is 6.76. The van der Waals surface area contributed by atoms with E-state index in [2.05, 4.69) is 31.5 Å². The van der Waals surface area contributed by atoms with Gasteiger partial charge in [0.2, 0.25) is 17.7 Å². The van der Waals surface area contributed by atoms with Crippen molar-refractivity contribution >= 4 is 39.2 Å². The number of ether oxygens (including phenoxy) is 2. The van der Waals surface area contributed by atoms with Crippen LogP contribution in [0.2, 0.25) is 5.02 Å². The quantitative estimate of drug-likeness (QED) is 0.153. The third kappa shape index (κ3) is 7.69. The minimum absolute atomic E-state index is 0.130. The van der Waals surface area contributed by atoms with Gasteiger partial charge in [0, 0.05) is 53.0 Å². The van der Waals surface area contributed by atoms with Gasteiger partial charge in [-0.2, -0.15) is 0 Å². The molecule has 0 unspecified atom stereocenters. The summed E-state index contributed by atoms with van der Waals surface area (Å²) < 4.78 is 12.1. The molecule has 1 saturated heterocycles. The SMILES string of the molecule is COc1nc(-c2cccc(-c3cccc(-c4cnc(CCC[C@H]5CCC(=O)N5)c(OC)n4)c3Br)c2Cl)cnc1CNC[C@H]1CCC(=O)C1. The Bertz CT molecular complexity index is 1690. The van der Waals surface area contributed by atoms with Crippen molar-refractivity contribution < 1.29 is 19.1 Å². The number of aromatic nitrogens is 4. The molecular formula is C36H38BrClN6O4. The molecule has 2 aromatic heterocycles. The number of hydrogen-bond donors (Lipinski definition) is 2. The minimum Gasteiger partial charge on any atom is -0.480 e. The van der Waals surface area contributed by atoms with E-state index < -0.39 is 0 Å². The summed E-state index contributed by atoms with van der Waals surface area (Å²) in [6.45, 7) is 1.24. The van der Waals surface area contributed by atoms with E-state index in [9.17, 15) is 9.59 Å². The van der Waals surface area contributed by atoms with E-state index in [0.717, 1.165) is 64.6 Å². The Morgan fingerprint density at radius 3 is 2.25 bits per heavy atom. The topological polar surface area (TPSA) is 128 Å². The summed E-state index contributed by atoms with van der Waals surface area (Å²) in [5.41, 5.74) is 6.02. The second-order valence-corrected chi connectivity index (χ2v) is 13.4. The predicted molar refractivity (Wildman–Crippen MR) is 188 cm³/mol. The summed E-state index contributed by atoms with van der Waals surface area (Å²) in [6.07, 6.45) is 9.69. The molecule has 0 spiro atoms. The molecule has 4 aromatic rings. The lowest BCUT2D eigenvalue weighted by Crippen LogP contribution is -2.25. The molecule has 2 aromatic carbocycles. The third-order valence-corrected chi connectivity index (χ3v) is 10.2. The Morgan fingerprint density at radius 2 is 1.56 bits per heavy atom. The number of carbonyl (C=O) groups is 2. The van der Waals surface area contributed by atoms with Gasteiger partial charge in [-0.3, -0.25) is 19.6 Å². The van der Waals surface area contributed by atoms with Crippen LogP contribution in [0.25, 0.3) is 33.6 Å². The molecule has 3 heterocycles. The number of aryl methyl sites for hydroxylation is 1. The number of carbonyl (C=O) groups excluding carboxylic acids is 2. The zero-order valence-electron chi connectivity index (χ0n) is 27.0. The molecule has 0 bridgehead atoms. The van der Waals surface area contributed by atoms with E-state index in [-0.39, 0.29) is 11.9 Å². The van der Waals surface area contributed by atoms with Crippen LogP contribution in [0.4, 0.5) is 0 Å². The van der Waals surface area contributed by atoms with Crippen molar-refractivity contribution in [3.63, 3.8) is 0 Å². The van der Waals surface area contributed by atoms with Crippen molar-refractivity contribution in [3.05, 3.63) is 69.7 Å². The largest absolute Gasteiger partial charge is 0.480 e. The second-order valence-electron chi connectivity index (χ2n) is 12.2. The smallest absolute Gasteiger partial charge is 0.237 e. The first kappa shape index (κ1) is 34.0. The highest BCUT2D eigenvalue weighted by atomic mass is 79.9. The number of ketones is 1. The Hall–Kier alpha value is -3.93. The molecular weight excluding hydrogens is 696 g/mol.